The van der Waals surface area contributed by atoms with Gasteiger partial charge >= 0.3 is 0 Å². The lowest BCUT2D eigenvalue weighted by Gasteiger charge is -2.43. The fraction of sp³-hybridized carbons (Fsp3) is 0.500. The summed E-state index contributed by atoms with van der Waals surface area (Å²) >= 11 is 0. The normalized spacial score (nSPS) is 30.7. The molecule has 2 unspecified atom stereocenters. The Morgan fingerprint density at radius 2 is 2.16 bits per heavy atom. The van der Waals surface area contributed by atoms with Gasteiger partial charge in [0, 0.05) is 12.3 Å². The second kappa shape index (κ2) is 4.49. The van der Waals surface area contributed by atoms with Gasteiger partial charge in [-0.25, -0.2) is 4.39 Å². The molecular formula is C14H18FN3O. The molecule has 1 aromatic rings. The highest BCUT2D eigenvalue weighted by molar-refractivity contribution is 5.98. The van der Waals surface area contributed by atoms with E-state index in [1.54, 1.807) is 12.1 Å². The minimum atomic E-state index is -0.243. The summed E-state index contributed by atoms with van der Waals surface area (Å²) in [6, 6.07) is 6.42. The van der Waals surface area contributed by atoms with Crippen molar-refractivity contribution >= 4 is 11.6 Å². The van der Waals surface area contributed by atoms with E-state index in [4.69, 9.17) is 10.5 Å². The Morgan fingerprint density at radius 3 is 2.84 bits per heavy atom. The van der Waals surface area contributed by atoms with E-state index in [0.29, 0.717) is 19.1 Å². The van der Waals surface area contributed by atoms with Crippen LogP contribution in [0, 0.1) is 5.82 Å². The summed E-state index contributed by atoms with van der Waals surface area (Å²) in [4.78, 5) is 6.45. The first-order valence-electron chi connectivity index (χ1n) is 6.58. The molecule has 3 rings (SSSR count). The number of hydrogen-bond donors (Lipinski definition) is 1. The molecule has 2 aliphatic heterocycles. The Kier molecular flexibility index (Phi) is 2.93. The number of aliphatic imine (C=N–C) groups is 1. The highest BCUT2D eigenvalue weighted by Crippen LogP contribution is 2.38. The smallest absolute Gasteiger partial charge is 0.196 e. The molecular weight excluding hydrogens is 245 g/mol. The molecule has 1 spiro atoms. The summed E-state index contributed by atoms with van der Waals surface area (Å²) in [5.74, 6) is 0.272. The Hall–Kier alpha value is -1.62. The van der Waals surface area contributed by atoms with Crippen LogP contribution in [0.5, 0.6) is 0 Å². The van der Waals surface area contributed by atoms with Crippen molar-refractivity contribution in [2.24, 2.45) is 10.7 Å². The van der Waals surface area contributed by atoms with Gasteiger partial charge in [-0.1, -0.05) is 0 Å². The number of nitrogens with two attached hydrogens (primary N) is 1. The van der Waals surface area contributed by atoms with Gasteiger partial charge in [0.05, 0.1) is 18.2 Å². The average Bonchev–Trinajstić information content (AvgIpc) is 2.68. The number of hydrogen-bond acceptors (Lipinski definition) is 4. The molecule has 0 radical (unpaired) electrons. The topological polar surface area (TPSA) is 50.9 Å². The van der Waals surface area contributed by atoms with Crippen LogP contribution < -0.4 is 10.6 Å². The molecule has 19 heavy (non-hydrogen) atoms. The zero-order chi connectivity index (χ0) is 13.5. The molecule has 1 fully saturated rings. The van der Waals surface area contributed by atoms with Gasteiger partial charge in [0.15, 0.2) is 5.96 Å². The van der Waals surface area contributed by atoms with Crippen molar-refractivity contribution in [3.63, 3.8) is 0 Å². The molecule has 0 saturated carbocycles. The van der Waals surface area contributed by atoms with E-state index < -0.39 is 0 Å². The first-order chi connectivity index (χ1) is 9.11. The summed E-state index contributed by atoms with van der Waals surface area (Å²) in [5.41, 5.74) is 6.83. The predicted octanol–water partition coefficient (Wildman–Crippen LogP) is 1.90. The summed E-state index contributed by atoms with van der Waals surface area (Å²) in [6.45, 7) is 3.46. The van der Waals surface area contributed by atoms with Gasteiger partial charge in [-0.3, -0.25) is 4.99 Å². The lowest BCUT2D eigenvalue weighted by atomic mass is 9.85. The van der Waals surface area contributed by atoms with Gasteiger partial charge in [-0.15, -0.1) is 0 Å². The predicted molar refractivity (Wildman–Crippen MR) is 72.7 cm³/mol. The fourth-order valence-electron chi connectivity index (χ4n) is 3.10. The monoisotopic (exact) mass is 263 g/mol. The minimum Gasteiger partial charge on any atom is -0.378 e. The maximum Gasteiger partial charge on any atom is 0.196 e. The van der Waals surface area contributed by atoms with E-state index in [2.05, 4.69) is 11.9 Å². The van der Waals surface area contributed by atoms with Crippen LogP contribution in [-0.2, 0) is 4.74 Å². The summed E-state index contributed by atoms with van der Waals surface area (Å²) in [7, 11) is 0. The third kappa shape index (κ3) is 2.08. The number of nitrogens with zero attached hydrogens (tertiary/aromatic N) is 2. The Balaban J connectivity index is 1.96. The third-order valence-electron chi connectivity index (χ3n) is 3.96. The minimum absolute atomic E-state index is 0.112. The lowest BCUT2D eigenvalue weighted by molar-refractivity contribution is -0.00246. The zero-order valence-electron chi connectivity index (χ0n) is 11.0. The van der Waals surface area contributed by atoms with Gasteiger partial charge in [-0.05, 0) is 44.0 Å². The van der Waals surface area contributed by atoms with Gasteiger partial charge in [0.2, 0.25) is 0 Å². The van der Waals surface area contributed by atoms with Crippen LogP contribution in [-0.4, -0.2) is 30.8 Å². The number of anilines is 1. The number of halogens is 1. The zero-order valence-corrected chi connectivity index (χ0v) is 11.0. The third-order valence-corrected chi connectivity index (χ3v) is 3.96. The summed E-state index contributed by atoms with van der Waals surface area (Å²) < 4.78 is 18.7. The molecule has 4 nitrogen and oxygen atoms in total. The van der Waals surface area contributed by atoms with Crippen LogP contribution in [0.4, 0.5) is 10.1 Å². The SMILES string of the molecule is CC1CC2(CCO1)CN=C(N)N2c1ccc(F)cc1. The van der Waals surface area contributed by atoms with Gasteiger partial charge in [0.1, 0.15) is 5.82 Å². The van der Waals surface area contributed by atoms with Crippen molar-refractivity contribution in [1.29, 1.82) is 0 Å². The molecule has 0 amide bonds. The second-order valence-electron chi connectivity index (χ2n) is 5.35. The van der Waals surface area contributed by atoms with E-state index in [0.717, 1.165) is 18.5 Å². The Morgan fingerprint density at radius 1 is 1.42 bits per heavy atom. The molecule has 2 aliphatic rings. The quantitative estimate of drug-likeness (QED) is 0.842. The molecule has 2 atom stereocenters. The Bertz CT molecular complexity index is 502. The van der Waals surface area contributed by atoms with E-state index in [1.807, 2.05) is 4.90 Å². The van der Waals surface area contributed by atoms with Crippen LogP contribution in [0.3, 0.4) is 0 Å². The van der Waals surface area contributed by atoms with Crippen LogP contribution >= 0.6 is 0 Å². The van der Waals surface area contributed by atoms with E-state index >= 15 is 0 Å². The van der Waals surface area contributed by atoms with Crippen molar-refractivity contribution < 1.29 is 9.13 Å². The standard InChI is InChI=1S/C14H18FN3O/c1-10-8-14(6-7-19-10)9-17-13(16)18(14)12-4-2-11(15)3-5-12/h2-5,10H,6-9H2,1H3,(H2,16,17). The van der Waals surface area contributed by atoms with E-state index in [9.17, 15) is 4.39 Å². The molecule has 2 heterocycles. The van der Waals surface area contributed by atoms with Gasteiger partial charge in [0.25, 0.3) is 0 Å². The first-order valence-corrected chi connectivity index (χ1v) is 6.58. The van der Waals surface area contributed by atoms with Crippen molar-refractivity contribution in [1.82, 2.24) is 0 Å². The van der Waals surface area contributed by atoms with Crippen LogP contribution in [0.15, 0.2) is 29.3 Å². The molecule has 102 valence electrons. The van der Waals surface area contributed by atoms with Crippen LogP contribution in [0.1, 0.15) is 19.8 Å². The highest BCUT2D eigenvalue weighted by atomic mass is 19.1. The van der Waals surface area contributed by atoms with Crippen LogP contribution in [0.25, 0.3) is 0 Å². The molecule has 5 heteroatoms. The summed E-state index contributed by atoms with van der Waals surface area (Å²) in [5, 5.41) is 0. The molecule has 0 aliphatic carbocycles. The second-order valence-corrected chi connectivity index (χ2v) is 5.35. The van der Waals surface area contributed by atoms with Crippen molar-refractivity contribution in [2.45, 2.75) is 31.4 Å². The largest absolute Gasteiger partial charge is 0.378 e. The van der Waals surface area contributed by atoms with Gasteiger partial charge < -0.3 is 15.4 Å². The van der Waals surface area contributed by atoms with Crippen LogP contribution in [0.2, 0.25) is 0 Å². The number of rotatable bonds is 1. The lowest BCUT2D eigenvalue weighted by Crippen LogP contribution is -2.56. The number of benzene rings is 1. The molecule has 0 aromatic heterocycles. The molecule has 2 N–H and O–H groups in total. The fourth-order valence-corrected chi connectivity index (χ4v) is 3.10. The number of ether oxygens (including phenoxy) is 1. The molecule has 1 saturated heterocycles. The maximum absolute atomic E-state index is 13.1. The Labute approximate surface area is 112 Å². The number of guanidine groups is 1. The van der Waals surface area contributed by atoms with Crippen molar-refractivity contribution in [3.8, 4) is 0 Å². The van der Waals surface area contributed by atoms with Crippen molar-refractivity contribution in [2.75, 3.05) is 18.1 Å². The maximum atomic E-state index is 13.1. The molecule has 1 aromatic carbocycles. The average molecular weight is 263 g/mol. The molecule has 0 bridgehead atoms. The highest BCUT2D eigenvalue weighted by Gasteiger charge is 2.45. The van der Waals surface area contributed by atoms with Crippen molar-refractivity contribution in [3.05, 3.63) is 30.1 Å². The van der Waals surface area contributed by atoms with Gasteiger partial charge in [-0.2, -0.15) is 0 Å². The van der Waals surface area contributed by atoms with E-state index in [-0.39, 0.29) is 17.5 Å². The first kappa shape index (κ1) is 12.4. The summed E-state index contributed by atoms with van der Waals surface area (Å²) in [6.07, 6.45) is 1.96. The van der Waals surface area contributed by atoms with E-state index in [1.165, 1.54) is 12.1 Å².